The number of rotatable bonds is 11. The number of ketones is 1. The summed E-state index contributed by atoms with van der Waals surface area (Å²) in [6.45, 7) is 2.53. The zero-order valence-corrected chi connectivity index (χ0v) is 25.0. The monoisotopic (exact) mass is 630 g/mol. The van der Waals surface area contributed by atoms with Crippen LogP contribution in [0.1, 0.15) is 41.3 Å². The van der Waals surface area contributed by atoms with Gasteiger partial charge in [-0.15, -0.1) is 0 Å². The molecule has 0 radical (unpaired) electrons. The van der Waals surface area contributed by atoms with Gasteiger partial charge in [0.2, 0.25) is 0 Å². The first-order chi connectivity index (χ1) is 21.9. The molecule has 0 amide bonds. The van der Waals surface area contributed by atoms with Gasteiger partial charge in [-0.05, 0) is 43.2 Å². The third-order valence-corrected chi connectivity index (χ3v) is 7.01. The van der Waals surface area contributed by atoms with Gasteiger partial charge in [-0.1, -0.05) is 30.3 Å². The minimum Gasteiger partial charge on any atom is -0.508 e. The average molecular weight is 631 g/mol. The van der Waals surface area contributed by atoms with E-state index in [1.807, 2.05) is 0 Å². The molecule has 238 valence electrons. The molecule has 13 heteroatoms. The molecule has 46 heavy (non-hydrogen) atoms. The van der Waals surface area contributed by atoms with Crippen molar-refractivity contribution in [2.75, 3.05) is 20.3 Å². The predicted octanol–water partition coefficient (Wildman–Crippen LogP) is 4.64. The highest BCUT2D eigenvalue weighted by molar-refractivity contribution is 6.10. The molecule has 3 aromatic rings. The predicted molar refractivity (Wildman–Crippen MR) is 164 cm³/mol. The van der Waals surface area contributed by atoms with E-state index >= 15 is 0 Å². The number of phenolic OH excluding ortho intramolecular Hbond substituents is 3. The minimum absolute atomic E-state index is 0.0109. The molecule has 4 rings (SSSR count). The van der Waals surface area contributed by atoms with E-state index in [0.717, 1.165) is 12.1 Å². The summed E-state index contributed by atoms with van der Waals surface area (Å²) >= 11 is 0. The van der Waals surface area contributed by atoms with Crippen LogP contribution in [0.3, 0.4) is 0 Å². The number of methoxy groups -OCH3 is 1. The molecule has 1 aliphatic rings. The Morgan fingerprint density at radius 3 is 2.24 bits per heavy atom. The number of nitro groups is 1. The van der Waals surface area contributed by atoms with Gasteiger partial charge >= 0.3 is 11.9 Å². The van der Waals surface area contributed by atoms with Crippen molar-refractivity contribution in [3.05, 3.63) is 116 Å². The zero-order valence-electron chi connectivity index (χ0n) is 25.0. The molecule has 0 fully saturated rings. The highest BCUT2D eigenvalue weighted by Crippen LogP contribution is 2.40. The van der Waals surface area contributed by atoms with E-state index in [1.165, 1.54) is 49.6 Å². The van der Waals surface area contributed by atoms with Crippen molar-refractivity contribution < 1.29 is 48.8 Å². The largest absolute Gasteiger partial charge is 0.508 e. The van der Waals surface area contributed by atoms with Gasteiger partial charge in [0, 0.05) is 35.7 Å². The van der Waals surface area contributed by atoms with Gasteiger partial charge < -0.3 is 34.8 Å². The number of ether oxygens (including phenoxy) is 3. The standard InChI is InChI=1S/C33H30N2O11/c1-18-28(32(40)44-3)30(21-5-4-6-22(15-21)35(42)43)29(19(2)34-18)33(41)46-14-13-45-27-17-24(37)16-26(39)31(27)25(38)12-9-20-7-10-23(36)11-8-20/h4-12,15-17,30,34,36-37,39H,13-14H2,1-3H3/b12-9+. The fourth-order valence-corrected chi connectivity index (χ4v) is 4.95. The first-order valence-electron chi connectivity index (χ1n) is 13.8. The summed E-state index contributed by atoms with van der Waals surface area (Å²) in [4.78, 5) is 50.1. The molecule has 0 aliphatic carbocycles. The van der Waals surface area contributed by atoms with Crippen LogP contribution in [0.4, 0.5) is 5.69 Å². The Balaban J connectivity index is 1.53. The lowest BCUT2D eigenvalue weighted by Gasteiger charge is -2.30. The van der Waals surface area contributed by atoms with Crippen molar-refractivity contribution in [3.63, 3.8) is 0 Å². The minimum atomic E-state index is -1.06. The van der Waals surface area contributed by atoms with Gasteiger partial charge in [0.25, 0.3) is 5.69 Å². The van der Waals surface area contributed by atoms with Gasteiger partial charge in [0.1, 0.15) is 41.8 Å². The van der Waals surface area contributed by atoms with Gasteiger partial charge in [-0.3, -0.25) is 14.9 Å². The van der Waals surface area contributed by atoms with Crippen molar-refractivity contribution in [1.29, 1.82) is 0 Å². The van der Waals surface area contributed by atoms with Gasteiger partial charge in [-0.25, -0.2) is 9.59 Å². The van der Waals surface area contributed by atoms with Crippen molar-refractivity contribution >= 4 is 29.5 Å². The van der Waals surface area contributed by atoms with Crippen molar-refractivity contribution in [3.8, 4) is 23.0 Å². The van der Waals surface area contributed by atoms with Gasteiger partial charge in [0.15, 0.2) is 5.78 Å². The zero-order chi connectivity index (χ0) is 33.5. The van der Waals surface area contributed by atoms with E-state index in [2.05, 4.69) is 5.32 Å². The molecular formula is C33H30N2O11. The lowest BCUT2D eigenvalue weighted by Crippen LogP contribution is -2.32. The first kappa shape index (κ1) is 32.8. The number of dihydropyridines is 1. The summed E-state index contributed by atoms with van der Waals surface area (Å²) < 4.78 is 16.0. The van der Waals surface area contributed by atoms with Crippen LogP contribution in [0.5, 0.6) is 23.0 Å². The number of benzene rings is 3. The number of hydrogen-bond acceptors (Lipinski definition) is 12. The van der Waals surface area contributed by atoms with Crippen LogP contribution in [0.25, 0.3) is 6.08 Å². The molecule has 1 unspecified atom stereocenters. The van der Waals surface area contributed by atoms with E-state index in [-0.39, 0.29) is 58.4 Å². The second-order valence-corrected chi connectivity index (χ2v) is 10.1. The van der Waals surface area contributed by atoms with Crippen molar-refractivity contribution in [2.45, 2.75) is 19.8 Å². The van der Waals surface area contributed by atoms with Crippen molar-refractivity contribution in [1.82, 2.24) is 5.32 Å². The van der Waals surface area contributed by atoms with Crippen LogP contribution in [-0.4, -0.2) is 58.3 Å². The molecule has 13 nitrogen and oxygen atoms in total. The maximum atomic E-state index is 13.5. The Labute approximate surface area is 262 Å². The molecule has 0 saturated heterocycles. The lowest BCUT2D eigenvalue weighted by molar-refractivity contribution is -0.384. The Kier molecular flexibility index (Phi) is 10.1. The topological polar surface area (TPSA) is 195 Å². The molecule has 0 saturated carbocycles. The molecule has 3 aromatic carbocycles. The molecule has 1 aliphatic heterocycles. The van der Waals surface area contributed by atoms with Crippen LogP contribution in [0.2, 0.25) is 0 Å². The van der Waals surface area contributed by atoms with E-state index in [1.54, 1.807) is 32.0 Å². The van der Waals surface area contributed by atoms with Gasteiger partial charge in [-0.2, -0.15) is 0 Å². The van der Waals surface area contributed by atoms with E-state index in [0.29, 0.717) is 17.0 Å². The van der Waals surface area contributed by atoms with E-state index in [9.17, 15) is 39.8 Å². The molecule has 1 heterocycles. The third kappa shape index (κ3) is 7.33. The number of allylic oxidation sites excluding steroid dienone is 3. The molecule has 4 N–H and O–H groups in total. The van der Waals surface area contributed by atoms with Crippen molar-refractivity contribution in [2.24, 2.45) is 0 Å². The number of nitro benzene ring substituents is 1. The SMILES string of the molecule is COC(=O)C1=C(C)NC(C)=C(C(=O)OCCOc2cc(O)cc(O)c2C(=O)/C=C/c2ccc(O)cc2)C1c1cccc([N+](=O)[O-])c1. The molecule has 1 atom stereocenters. The van der Waals surface area contributed by atoms with Crippen LogP contribution in [0.15, 0.2) is 89.3 Å². The summed E-state index contributed by atoms with van der Waals surface area (Å²) in [5.74, 6) is -4.36. The third-order valence-electron chi connectivity index (χ3n) is 7.01. The fraction of sp³-hybridized carbons (Fsp3) is 0.182. The Morgan fingerprint density at radius 1 is 0.913 bits per heavy atom. The summed E-state index contributed by atoms with van der Waals surface area (Å²) in [5, 5.41) is 44.3. The number of hydrogen-bond donors (Lipinski definition) is 4. The Bertz CT molecular complexity index is 1790. The van der Waals surface area contributed by atoms with Crippen LogP contribution in [-0.2, 0) is 19.1 Å². The number of non-ortho nitro benzene ring substituents is 1. The molecular weight excluding hydrogens is 600 g/mol. The molecule has 0 spiro atoms. The summed E-state index contributed by atoms with van der Waals surface area (Å²) in [5.41, 5.74) is 1.21. The maximum absolute atomic E-state index is 13.5. The number of nitrogens with zero attached hydrogens (tertiary/aromatic N) is 1. The Hall–Kier alpha value is -6.11. The van der Waals surface area contributed by atoms with Crippen LogP contribution in [0, 0.1) is 10.1 Å². The second-order valence-electron chi connectivity index (χ2n) is 10.1. The average Bonchev–Trinajstić information content (AvgIpc) is 3.01. The Morgan fingerprint density at radius 2 is 1.59 bits per heavy atom. The summed E-state index contributed by atoms with van der Waals surface area (Å²) in [6.07, 6.45) is 2.64. The molecule has 0 aromatic heterocycles. The van der Waals surface area contributed by atoms with Crippen LogP contribution >= 0.6 is 0 Å². The number of phenols is 3. The summed E-state index contributed by atoms with van der Waals surface area (Å²) in [6, 6.07) is 13.7. The van der Waals surface area contributed by atoms with Crippen LogP contribution < -0.4 is 10.1 Å². The van der Waals surface area contributed by atoms with E-state index in [4.69, 9.17) is 14.2 Å². The number of aromatic hydroxyl groups is 3. The maximum Gasteiger partial charge on any atom is 0.336 e. The van der Waals surface area contributed by atoms with Gasteiger partial charge in [0.05, 0.1) is 29.1 Å². The molecule has 0 bridgehead atoms. The number of carbonyl (C=O) groups excluding carboxylic acids is 3. The fourth-order valence-electron chi connectivity index (χ4n) is 4.95. The summed E-state index contributed by atoms with van der Waals surface area (Å²) in [7, 11) is 1.18. The first-order valence-corrected chi connectivity index (χ1v) is 13.8. The number of nitrogens with one attached hydrogen (secondary N) is 1. The lowest BCUT2D eigenvalue weighted by atomic mass is 9.80. The number of esters is 2. The quantitative estimate of drug-likeness (QED) is 0.0573. The highest BCUT2D eigenvalue weighted by atomic mass is 16.6. The highest BCUT2D eigenvalue weighted by Gasteiger charge is 2.38. The normalized spacial score (nSPS) is 14.5. The smallest absolute Gasteiger partial charge is 0.336 e. The number of carbonyl (C=O) groups is 3. The second kappa shape index (κ2) is 14.1. The van der Waals surface area contributed by atoms with E-state index < -0.39 is 34.3 Å².